The van der Waals surface area contributed by atoms with Gasteiger partial charge in [0, 0.05) is 18.5 Å². The highest BCUT2D eigenvalue weighted by atomic mass is 16.5. The fourth-order valence-electron chi connectivity index (χ4n) is 2.89. The summed E-state index contributed by atoms with van der Waals surface area (Å²) in [6.45, 7) is 0. The average Bonchev–Trinajstić information content (AvgIpc) is 2.95. The molecule has 2 aromatic rings. The molecule has 0 spiro atoms. The molecular formula is C18H21N3O2. The molecule has 1 aromatic heterocycles. The Morgan fingerprint density at radius 3 is 2.70 bits per heavy atom. The molecule has 0 aliphatic heterocycles. The van der Waals surface area contributed by atoms with Crippen LogP contribution in [0.3, 0.4) is 0 Å². The van der Waals surface area contributed by atoms with Crippen molar-refractivity contribution >= 4 is 11.6 Å². The number of anilines is 1. The zero-order valence-electron chi connectivity index (χ0n) is 12.9. The molecule has 1 saturated carbocycles. The second kappa shape index (κ2) is 7.24. The number of pyridine rings is 1. The number of ether oxygens (including phenoxy) is 1. The molecule has 3 N–H and O–H groups in total. The number of carbonyl (C=O) groups is 1. The van der Waals surface area contributed by atoms with Gasteiger partial charge in [0.1, 0.15) is 5.75 Å². The Morgan fingerprint density at radius 2 is 2.04 bits per heavy atom. The number of nitrogens with zero attached hydrogens (tertiary/aromatic N) is 1. The number of nitrogens with two attached hydrogens (primary N) is 1. The summed E-state index contributed by atoms with van der Waals surface area (Å²) in [6, 6.07) is 13.1. The normalized spacial score (nSPS) is 20.2. The van der Waals surface area contributed by atoms with Gasteiger partial charge in [0.15, 0.2) is 0 Å². The van der Waals surface area contributed by atoms with Crippen molar-refractivity contribution in [3.05, 3.63) is 48.7 Å². The van der Waals surface area contributed by atoms with E-state index >= 15 is 0 Å². The third-order valence-electron chi connectivity index (χ3n) is 4.15. The SMILES string of the molecule is N[C@@H]1CCC[C@H]1CC(=O)Nc1ccc(Oc2ccccc2)nc1. The van der Waals surface area contributed by atoms with E-state index in [2.05, 4.69) is 10.3 Å². The summed E-state index contributed by atoms with van der Waals surface area (Å²) < 4.78 is 5.62. The average molecular weight is 311 g/mol. The maximum atomic E-state index is 12.1. The van der Waals surface area contributed by atoms with Gasteiger partial charge in [-0.25, -0.2) is 4.98 Å². The van der Waals surface area contributed by atoms with Gasteiger partial charge in [0.25, 0.3) is 0 Å². The van der Waals surface area contributed by atoms with E-state index in [1.807, 2.05) is 30.3 Å². The molecule has 0 radical (unpaired) electrons. The maximum absolute atomic E-state index is 12.1. The molecule has 5 heteroatoms. The van der Waals surface area contributed by atoms with E-state index < -0.39 is 0 Å². The number of amides is 1. The zero-order chi connectivity index (χ0) is 16.1. The minimum absolute atomic E-state index is 0.00845. The first kappa shape index (κ1) is 15.5. The lowest BCUT2D eigenvalue weighted by Gasteiger charge is -2.14. The van der Waals surface area contributed by atoms with Crippen LogP contribution in [0.1, 0.15) is 25.7 Å². The number of hydrogen-bond acceptors (Lipinski definition) is 4. The van der Waals surface area contributed by atoms with Crippen LogP contribution in [0.15, 0.2) is 48.7 Å². The monoisotopic (exact) mass is 311 g/mol. The molecule has 0 bridgehead atoms. The number of benzene rings is 1. The fourth-order valence-corrected chi connectivity index (χ4v) is 2.89. The molecule has 1 heterocycles. The second-order valence-electron chi connectivity index (χ2n) is 5.91. The Balaban J connectivity index is 1.54. The van der Waals surface area contributed by atoms with Crippen LogP contribution < -0.4 is 15.8 Å². The van der Waals surface area contributed by atoms with Crippen LogP contribution in [-0.2, 0) is 4.79 Å². The molecule has 23 heavy (non-hydrogen) atoms. The summed E-state index contributed by atoms with van der Waals surface area (Å²) in [5, 5.41) is 2.87. The summed E-state index contributed by atoms with van der Waals surface area (Å²) >= 11 is 0. The van der Waals surface area contributed by atoms with E-state index in [4.69, 9.17) is 10.5 Å². The van der Waals surface area contributed by atoms with Crippen LogP contribution in [0.4, 0.5) is 5.69 Å². The van der Waals surface area contributed by atoms with E-state index in [0.717, 1.165) is 25.0 Å². The van der Waals surface area contributed by atoms with E-state index in [1.54, 1.807) is 18.3 Å². The van der Waals surface area contributed by atoms with Gasteiger partial charge in [-0.15, -0.1) is 0 Å². The molecular weight excluding hydrogens is 290 g/mol. The molecule has 0 unspecified atom stereocenters. The molecule has 1 aliphatic carbocycles. The topological polar surface area (TPSA) is 77.2 Å². The molecule has 5 nitrogen and oxygen atoms in total. The highest BCUT2D eigenvalue weighted by Crippen LogP contribution is 2.27. The summed E-state index contributed by atoms with van der Waals surface area (Å²) in [5.41, 5.74) is 6.67. The van der Waals surface area contributed by atoms with Gasteiger partial charge >= 0.3 is 0 Å². The van der Waals surface area contributed by atoms with E-state index in [0.29, 0.717) is 23.9 Å². The molecule has 120 valence electrons. The summed E-state index contributed by atoms with van der Waals surface area (Å²) in [5.74, 6) is 1.51. The molecule has 3 rings (SSSR count). The predicted molar refractivity (Wildman–Crippen MR) is 89.3 cm³/mol. The number of nitrogens with one attached hydrogen (secondary N) is 1. The van der Waals surface area contributed by atoms with Gasteiger partial charge in [0.2, 0.25) is 11.8 Å². The zero-order valence-corrected chi connectivity index (χ0v) is 12.9. The lowest BCUT2D eigenvalue weighted by molar-refractivity contribution is -0.117. The van der Waals surface area contributed by atoms with Crippen molar-refractivity contribution in [3.63, 3.8) is 0 Å². The number of hydrogen-bond donors (Lipinski definition) is 2. The minimum atomic E-state index is -0.00845. The number of aromatic nitrogens is 1. The first-order valence-corrected chi connectivity index (χ1v) is 7.95. The van der Waals surface area contributed by atoms with Gasteiger partial charge in [-0.3, -0.25) is 4.79 Å². The number of rotatable bonds is 5. The van der Waals surface area contributed by atoms with Crippen LogP contribution in [0.2, 0.25) is 0 Å². The smallest absolute Gasteiger partial charge is 0.224 e. The fraction of sp³-hybridized carbons (Fsp3) is 0.333. The van der Waals surface area contributed by atoms with Gasteiger partial charge in [-0.2, -0.15) is 0 Å². The Bertz CT molecular complexity index is 643. The largest absolute Gasteiger partial charge is 0.439 e. The summed E-state index contributed by atoms with van der Waals surface area (Å²) in [7, 11) is 0. The van der Waals surface area contributed by atoms with Crippen molar-refractivity contribution in [3.8, 4) is 11.6 Å². The third kappa shape index (κ3) is 4.29. The van der Waals surface area contributed by atoms with Crippen molar-refractivity contribution in [1.82, 2.24) is 4.98 Å². The highest BCUT2D eigenvalue weighted by Gasteiger charge is 2.25. The van der Waals surface area contributed by atoms with Crippen LogP contribution in [0, 0.1) is 5.92 Å². The van der Waals surface area contributed by atoms with Crippen LogP contribution in [0.5, 0.6) is 11.6 Å². The van der Waals surface area contributed by atoms with Crippen molar-refractivity contribution in [2.24, 2.45) is 11.7 Å². The Hall–Kier alpha value is -2.40. The second-order valence-corrected chi connectivity index (χ2v) is 5.91. The van der Waals surface area contributed by atoms with E-state index in [9.17, 15) is 4.79 Å². The minimum Gasteiger partial charge on any atom is -0.439 e. The van der Waals surface area contributed by atoms with Crippen LogP contribution >= 0.6 is 0 Å². The summed E-state index contributed by atoms with van der Waals surface area (Å²) in [6.07, 6.45) is 5.25. The quantitative estimate of drug-likeness (QED) is 0.888. The Morgan fingerprint density at radius 1 is 1.22 bits per heavy atom. The van der Waals surface area contributed by atoms with Gasteiger partial charge in [-0.05, 0) is 37.0 Å². The summed E-state index contributed by atoms with van der Waals surface area (Å²) in [4.78, 5) is 16.3. The Labute approximate surface area is 135 Å². The van der Waals surface area contributed by atoms with Crippen molar-refractivity contribution < 1.29 is 9.53 Å². The predicted octanol–water partition coefficient (Wildman–Crippen LogP) is 3.33. The first-order valence-electron chi connectivity index (χ1n) is 7.95. The molecule has 1 amide bonds. The first-order chi connectivity index (χ1) is 11.2. The highest BCUT2D eigenvalue weighted by molar-refractivity contribution is 5.90. The molecule has 1 aliphatic rings. The number of carbonyl (C=O) groups excluding carboxylic acids is 1. The van der Waals surface area contributed by atoms with Crippen molar-refractivity contribution in [2.45, 2.75) is 31.7 Å². The Kier molecular flexibility index (Phi) is 4.88. The van der Waals surface area contributed by atoms with Crippen molar-refractivity contribution in [2.75, 3.05) is 5.32 Å². The van der Waals surface area contributed by atoms with Crippen molar-refractivity contribution in [1.29, 1.82) is 0 Å². The molecule has 2 atom stereocenters. The lowest BCUT2D eigenvalue weighted by Crippen LogP contribution is -2.28. The van der Waals surface area contributed by atoms with Gasteiger partial charge < -0.3 is 15.8 Å². The lowest BCUT2D eigenvalue weighted by atomic mass is 10.00. The molecule has 1 fully saturated rings. The van der Waals surface area contributed by atoms with Gasteiger partial charge in [-0.1, -0.05) is 24.6 Å². The van der Waals surface area contributed by atoms with E-state index in [1.165, 1.54) is 0 Å². The van der Waals surface area contributed by atoms with Crippen LogP contribution in [0.25, 0.3) is 0 Å². The molecule has 0 saturated heterocycles. The maximum Gasteiger partial charge on any atom is 0.224 e. The van der Waals surface area contributed by atoms with Crippen LogP contribution in [-0.4, -0.2) is 16.9 Å². The third-order valence-corrected chi connectivity index (χ3v) is 4.15. The standard InChI is InChI=1S/C18H21N3O2/c19-16-8-4-5-13(16)11-17(22)21-14-9-10-18(20-12-14)23-15-6-2-1-3-7-15/h1-3,6-7,9-10,12-13,16H,4-5,8,11,19H2,(H,21,22)/t13-,16+/m0/s1. The molecule has 1 aromatic carbocycles. The van der Waals surface area contributed by atoms with E-state index in [-0.39, 0.29) is 11.9 Å². The number of para-hydroxylation sites is 1. The van der Waals surface area contributed by atoms with Gasteiger partial charge in [0.05, 0.1) is 11.9 Å².